The third-order valence-electron chi connectivity index (χ3n) is 3.08. The zero-order chi connectivity index (χ0) is 12.0. The lowest BCUT2D eigenvalue weighted by Gasteiger charge is -2.39. The minimum Gasteiger partial charge on any atom is -0.321 e. The van der Waals surface area contributed by atoms with Gasteiger partial charge in [-0.05, 0) is 37.5 Å². The van der Waals surface area contributed by atoms with Crippen LogP contribution in [0, 0.1) is 5.82 Å². The van der Waals surface area contributed by atoms with E-state index >= 15 is 0 Å². The van der Waals surface area contributed by atoms with Gasteiger partial charge in [-0.3, -0.25) is 0 Å². The molecule has 0 aromatic heterocycles. The Kier molecular flexibility index (Phi) is 2.45. The van der Waals surface area contributed by atoms with Crippen molar-refractivity contribution in [3.8, 4) is 0 Å². The molecule has 0 bridgehead atoms. The maximum absolute atomic E-state index is 13.4. The molecule has 2 rings (SSSR count). The molecule has 0 saturated heterocycles. The second kappa shape index (κ2) is 3.45. The molecule has 0 unspecified atom stereocenters. The smallest absolute Gasteiger partial charge is 0.321 e. The lowest BCUT2D eigenvalue weighted by molar-refractivity contribution is -0.137. The lowest BCUT2D eigenvalue weighted by atomic mass is 9.72. The predicted octanol–water partition coefficient (Wildman–Crippen LogP) is 3.18. The Bertz CT molecular complexity index is 407. The highest BCUT2D eigenvalue weighted by atomic mass is 19.4. The summed E-state index contributed by atoms with van der Waals surface area (Å²) >= 11 is 0. The van der Waals surface area contributed by atoms with Crippen LogP contribution in [0.25, 0.3) is 0 Å². The van der Waals surface area contributed by atoms with Crippen LogP contribution >= 0.6 is 0 Å². The fraction of sp³-hybridized carbons (Fsp3) is 0.455. The van der Waals surface area contributed by atoms with E-state index in [0.717, 1.165) is 24.6 Å². The fourth-order valence-electron chi connectivity index (χ4n) is 1.91. The van der Waals surface area contributed by atoms with Crippen LogP contribution in [0.1, 0.15) is 30.4 Å². The van der Waals surface area contributed by atoms with Gasteiger partial charge in [-0.15, -0.1) is 0 Å². The Labute approximate surface area is 90.3 Å². The molecule has 1 aliphatic carbocycles. The number of alkyl halides is 3. The van der Waals surface area contributed by atoms with Gasteiger partial charge in [-0.2, -0.15) is 13.2 Å². The summed E-state index contributed by atoms with van der Waals surface area (Å²) < 4.78 is 50.8. The summed E-state index contributed by atoms with van der Waals surface area (Å²) in [7, 11) is 0. The third kappa shape index (κ3) is 1.80. The molecule has 0 radical (unpaired) electrons. The molecule has 0 spiro atoms. The molecule has 1 aromatic carbocycles. The first-order valence-corrected chi connectivity index (χ1v) is 4.99. The molecule has 0 heterocycles. The molecule has 2 N–H and O–H groups in total. The number of halogens is 4. The van der Waals surface area contributed by atoms with Crippen molar-refractivity contribution in [2.45, 2.75) is 31.0 Å². The largest absolute Gasteiger partial charge is 0.416 e. The van der Waals surface area contributed by atoms with Crippen LogP contribution in [0.15, 0.2) is 18.2 Å². The topological polar surface area (TPSA) is 26.0 Å². The van der Waals surface area contributed by atoms with E-state index in [1.807, 2.05) is 0 Å². The minimum absolute atomic E-state index is 0.0198. The van der Waals surface area contributed by atoms with Crippen molar-refractivity contribution < 1.29 is 17.6 Å². The van der Waals surface area contributed by atoms with Crippen LogP contribution in [0.3, 0.4) is 0 Å². The molecule has 0 atom stereocenters. The number of rotatable bonds is 1. The number of hydrogen-bond donors (Lipinski definition) is 1. The highest BCUT2D eigenvalue weighted by Crippen LogP contribution is 2.41. The van der Waals surface area contributed by atoms with Gasteiger partial charge in [0.05, 0.1) is 5.56 Å². The maximum atomic E-state index is 13.4. The summed E-state index contributed by atoms with van der Waals surface area (Å²) in [6.45, 7) is 0. The van der Waals surface area contributed by atoms with E-state index in [-0.39, 0.29) is 5.56 Å². The molecule has 5 heteroatoms. The summed E-state index contributed by atoms with van der Waals surface area (Å²) in [6.07, 6.45) is -2.56. The monoisotopic (exact) mass is 233 g/mol. The average molecular weight is 233 g/mol. The highest BCUT2D eigenvalue weighted by molar-refractivity contribution is 5.33. The molecule has 88 valence electrons. The van der Waals surface area contributed by atoms with Gasteiger partial charge in [0.25, 0.3) is 0 Å². The number of nitrogens with two attached hydrogens (primary N) is 1. The van der Waals surface area contributed by atoms with E-state index in [2.05, 4.69) is 0 Å². The lowest BCUT2D eigenvalue weighted by Crippen LogP contribution is -2.44. The van der Waals surface area contributed by atoms with Crippen LogP contribution < -0.4 is 5.73 Å². The van der Waals surface area contributed by atoms with Crippen molar-refractivity contribution in [2.24, 2.45) is 5.73 Å². The molecular formula is C11H11F4N. The molecule has 1 nitrogen and oxygen atoms in total. The maximum Gasteiger partial charge on any atom is 0.416 e. The summed E-state index contributed by atoms with van der Waals surface area (Å²) in [5, 5.41) is 0. The van der Waals surface area contributed by atoms with Gasteiger partial charge >= 0.3 is 6.18 Å². The Morgan fingerprint density at radius 1 is 1.19 bits per heavy atom. The summed E-state index contributed by atoms with van der Waals surface area (Å²) in [6, 6.07) is 2.40. The Hall–Kier alpha value is -1.10. The quantitative estimate of drug-likeness (QED) is 0.741. The summed E-state index contributed by atoms with van der Waals surface area (Å²) in [4.78, 5) is 0. The van der Waals surface area contributed by atoms with Crippen LogP contribution in [0.5, 0.6) is 0 Å². The van der Waals surface area contributed by atoms with Crippen molar-refractivity contribution in [3.63, 3.8) is 0 Å². The van der Waals surface area contributed by atoms with Crippen molar-refractivity contribution >= 4 is 0 Å². The van der Waals surface area contributed by atoms with Gasteiger partial charge in [0.15, 0.2) is 0 Å². The van der Waals surface area contributed by atoms with E-state index in [1.54, 1.807) is 0 Å². The van der Waals surface area contributed by atoms with Gasteiger partial charge in [-0.25, -0.2) is 4.39 Å². The summed E-state index contributed by atoms with van der Waals surface area (Å²) in [5.41, 5.74) is 4.05. The first-order valence-electron chi connectivity index (χ1n) is 4.99. The standard InChI is InChI=1S/C11H11F4N/c12-9-3-2-7(11(13,14)15)6-8(9)10(16)4-1-5-10/h2-3,6H,1,4-5,16H2. The van der Waals surface area contributed by atoms with Gasteiger partial charge in [0.2, 0.25) is 0 Å². The second-order valence-corrected chi connectivity index (χ2v) is 4.20. The van der Waals surface area contributed by atoms with Crippen LogP contribution in [-0.4, -0.2) is 0 Å². The molecule has 0 amide bonds. The highest BCUT2D eigenvalue weighted by Gasteiger charge is 2.39. The minimum atomic E-state index is -4.46. The molecule has 1 aromatic rings. The second-order valence-electron chi connectivity index (χ2n) is 4.20. The normalized spacial score (nSPS) is 19.3. The Balaban J connectivity index is 2.45. The molecule has 1 saturated carbocycles. The fourth-order valence-corrected chi connectivity index (χ4v) is 1.91. The van der Waals surface area contributed by atoms with Crippen LogP contribution in [0.4, 0.5) is 17.6 Å². The molecule has 16 heavy (non-hydrogen) atoms. The van der Waals surface area contributed by atoms with Gasteiger partial charge in [-0.1, -0.05) is 0 Å². The van der Waals surface area contributed by atoms with E-state index in [9.17, 15) is 17.6 Å². The van der Waals surface area contributed by atoms with Gasteiger partial charge < -0.3 is 5.73 Å². The SMILES string of the molecule is NC1(c2cc(C(F)(F)F)ccc2F)CCC1. The average Bonchev–Trinajstić information content (AvgIpc) is 2.13. The predicted molar refractivity (Wildman–Crippen MR) is 51.1 cm³/mol. The van der Waals surface area contributed by atoms with E-state index in [4.69, 9.17) is 5.73 Å². The van der Waals surface area contributed by atoms with Crippen LogP contribution in [-0.2, 0) is 11.7 Å². The number of hydrogen-bond acceptors (Lipinski definition) is 1. The first kappa shape index (κ1) is 11.4. The Morgan fingerprint density at radius 3 is 2.25 bits per heavy atom. The zero-order valence-electron chi connectivity index (χ0n) is 8.44. The van der Waals surface area contributed by atoms with Gasteiger partial charge in [0.1, 0.15) is 5.82 Å². The van der Waals surface area contributed by atoms with Crippen molar-refractivity contribution in [1.29, 1.82) is 0 Å². The summed E-state index contributed by atoms with van der Waals surface area (Å²) in [5.74, 6) is -0.657. The van der Waals surface area contributed by atoms with E-state index in [1.165, 1.54) is 0 Å². The zero-order valence-corrected chi connectivity index (χ0v) is 8.44. The number of benzene rings is 1. The molecule has 1 aliphatic rings. The van der Waals surface area contributed by atoms with Crippen molar-refractivity contribution in [1.82, 2.24) is 0 Å². The molecular weight excluding hydrogens is 222 g/mol. The Morgan fingerprint density at radius 2 is 1.81 bits per heavy atom. The van der Waals surface area contributed by atoms with Crippen molar-refractivity contribution in [2.75, 3.05) is 0 Å². The van der Waals surface area contributed by atoms with Crippen LogP contribution in [0.2, 0.25) is 0 Å². The first-order chi connectivity index (χ1) is 7.33. The molecule has 1 fully saturated rings. The van der Waals surface area contributed by atoms with E-state index in [0.29, 0.717) is 12.8 Å². The van der Waals surface area contributed by atoms with E-state index < -0.39 is 23.1 Å². The third-order valence-corrected chi connectivity index (χ3v) is 3.08. The molecule has 0 aliphatic heterocycles. The van der Waals surface area contributed by atoms with Gasteiger partial charge in [0, 0.05) is 11.1 Å². The van der Waals surface area contributed by atoms with Crippen molar-refractivity contribution in [3.05, 3.63) is 35.1 Å².